The molecule has 0 aliphatic carbocycles. The third-order valence-electron chi connectivity index (χ3n) is 9.85. The van der Waals surface area contributed by atoms with Gasteiger partial charge in [-0.1, -0.05) is 32.9 Å². The van der Waals surface area contributed by atoms with Crippen LogP contribution in [0.25, 0.3) is 0 Å². The van der Waals surface area contributed by atoms with Gasteiger partial charge in [0, 0.05) is 30.9 Å². The maximum absolute atomic E-state index is 13.4. The van der Waals surface area contributed by atoms with Crippen LogP contribution in [0, 0.1) is 23.7 Å². The van der Waals surface area contributed by atoms with E-state index in [4.69, 9.17) is 28.5 Å². The van der Waals surface area contributed by atoms with E-state index in [2.05, 4.69) is 5.16 Å². The first-order chi connectivity index (χ1) is 21.8. The molecule has 0 saturated carbocycles. The van der Waals surface area contributed by atoms with Gasteiger partial charge in [0.1, 0.15) is 17.8 Å². The molecule has 0 spiro atoms. The predicted molar refractivity (Wildman–Crippen MR) is 173 cm³/mol. The van der Waals surface area contributed by atoms with Crippen LogP contribution in [-0.2, 0) is 33.3 Å². The predicted octanol–water partition coefficient (Wildman–Crippen LogP) is 1.28. The molecule has 14 heteroatoms. The van der Waals surface area contributed by atoms with Crippen LogP contribution in [0.5, 0.6) is 0 Å². The zero-order valence-corrected chi connectivity index (χ0v) is 30.2. The summed E-state index contributed by atoms with van der Waals surface area (Å²) < 4.78 is 28.5. The van der Waals surface area contributed by atoms with Crippen molar-refractivity contribution < 1.29 is 58.8 Å². The first-order valence-electron chi connectivity index (χ1n) is 16.7. The second-order valence-corrected chi connectivity index (χ2v) is 14.2. The molecule has 2 fully saturated rings. The molecule has 2 aliphatic heterocycles. The molecule has 2 heterocycles. The zero-order chi connectivity index (χ0) is 35.9. The normalized spacial score (nSPS) is 43.9. The minimum atomic E-state index is -1.91. The number of cyclic esters (lactones) is 1. The van der Waals surface area contributed by atoms with Gasteiger partial charge in [0.2, 0.25) is 6.79 Å². The summed E-state index contributed by atoms with van der Waals surface area (Å²) in [4.78, 5) is 20.8. The highest BCUT2D eigenvalue weighted by atomic mass is 16.7. The number of likely N-dealkylation sites (N-methyl/N-ethyl adjacent to an activating group) is 1. The molecular weight excluding hydrogens is 616 g/mol. The summed E-state index contributed by atoms with van der Waals surface area (Å²) in [5.74, 6) is -4.17. The van der Waals surface area contributed by atoms with Gasteiger partial charge in [0.25, 0.3) is 0 Å². The van der Waals surface area contributed by atoms with Crippen molar-refractivity contribution in [2.24, 2.45) is 28.8 Å². The molecule has 0 aromatic heterocycles. The number of hydrogen-bond acceptors (Lipinski definition) is 14. The fourth-order valence-corrected chi connectivity index (χ4v) is 6.93. The number of ether oxygens (including phenoxy) is 5. The van der Waals surface area contributed by atoms with Gasteiger partial charge >= 0.3 is 5.97 Å². The summed E-state index contributed by atoms with van der Waals surface area (Å²) in [5.41, 5.74) is -3.32. The molecule has 14 unspecified atom stereocenters. The lowest BCUT2D eigenvalue weighted by atomic mass is 9.73. The molecule has 0 aromatic rings. The van der Waals surface area contributed by atoms with Crippen molar-refractivity contribution in [2.75, 3.05) is 41.2 Å². The molecular formula is C33H62N2O12. The lowest BCUT2D eigenvalue weighted by Gasteiger charge is -2.47. The van der Waals surface area contributed by atoms with Gasteiger partial charge in [-0.15, -0.1) is 0 Å². The summed E-state index contributed by atoms with van der Waals surface area (Å²) in [6, 6.07) is -0.289. The van der Waals surface area contributed by atoms with Crippen LogP contribution in [0.4, 0.5) is 0 Å². The molecule has 0 radical (unpaired) electrons. The van der Waals surface area contributed by atoms with Crippen LogP contribution in [0.2, 0.25) is 0 Å². The number of aliphatic hydroxyl groups is 5. The Bertz CT molecular complexity index is 995. The van der Waals surface area contributed by atoms with Crippen LogP contribution < -0.4 is 0 Å². The molecule has 276 valence electrons. The zero-order valence-electron chi connectivity index (χ0n) is 30.2. The van der Waals surface area contributed by atoms with E-state index in [0.29, 0.717) is 18.7 Å². The van der Waals surface area contributed by atoms with Crippen LogP contribution in [0.15, 0.2) is 5.16 Å². The summed E-state index contributed by atoms with van der Waals surface area (Å²) in [6.07, 6.45) is -6.88. The number of nitrogens with zero attached hydrogens (tertiary/aromatic N) is 2. The minimum absolute atomic E-state index is 0.00777. The molecule has 0 aromatic carbocycles. The fourth-order valence-electron chi connectivity index (χ4n) is 6.93. The van der Waals surface area contributed by atoms with Crippen molar-refractivity contribution in [1.29, 1.82) is 0 Å². The Labute approximate surface area is 280 Å². The molecule has 0 bridgehead atoms. The van der Waals surface area contributed by atoms with Gasteiger partial charge in [-0.05, 0) is 61.1 Å². The molecule has 2 rings (SSSR count). The smallest absolute Gasteiger partial charge is 0.311 e. The van der Waals surface area contributed by atoms with Crippen LogP contribution >= 0.6 is 0 Å². The highest BCUT2D eigenvalue weighted by molar-refractivity contribution is 5.88. The Kier molecular flexibility index (Phi) is 16.0. The molecule has 5 N–H and O–H groups in total. The molecule has 14 nitrogen and oxygen atoms in total. The lowest BCUT2D eigenvalue weighted by molar-refractivity contribution is -0.298. The van der Waals surface area contributed by atoms with Crippen molar-refractivity contribution in [3.63, 3.8) is 0 Å². The Morgan fingerprint density at radius 3 is 2.21 bits per heavy atom. The van der Waals surface area contributed by atoms with Gasteiger partial charge < -0.3 is 59.0 Å². The number of carbonyl (C=O) groups excluding carboxylic acids is 1. The van der Waals surface area contributed by atoms with E-state index in [-0.39, 0.29) is 38.4 Å². The highest BCUT2D eigenvalue weighted by Gasteiger charge is 2.51. The number of hydrogen-bond donors (Lipinski definition) is 5. The first kappa shape index (κ1) is 41.7. The molecule has 2 saturated heterocycles. The monoisotopic (exact) mass is 678 g/mol. The second-order valence-electron chi connectivity index (χ2n) is 14.2. The van der Waals surface area contributed by atoms with E-state index in [1.165, 1.54) is 13.8 Å². The van der Waals surface area contributed by atoms with Gasteiger partial charge in [-0.2, -0.15) is 0 Å². The van der Waals surface area contributed by atoms with E-state index < -0.39 is 77.7 Å². The molecule has 0 amide bonds. The Morgan fingerprint density at radius 2 is 1.64 bits per heavy atom. The van der Waals surface area contributed by atoms with Crippen LogP contribution in [-0.4, -0.2) is 143 Å². The van der Waals surface area contributed by atoms with Gasteiger partial charge in [-0.25, -0.2) is 0 Å². The SMILES string of the molecule is CCC1OC(=O)C(C)C(O)C(C)C(OC2OC(C)CC(N(C)C)C2O)C(C)(O)CC(C)C(=NOCOCCOC)C(C)C(O)C1(C)O. The Balaban J connectivity index is 2.61. The number of oxime groups is 1. The van der Waals surface area contributed by atoms with Crippen molar-refractivity contribution in [3.05, 3.63) is 0 Å². The summed E-state index contributed by atoms with van der Waals surface area (Å²) in [7, 11) is 5.25. The molecule has 47 heavy (non-hydrogen) atoms. The second kappa shape index (κ2) is 18.0. The highest BCUT2D eigenvalue weighted by Crippen LogP contribution is 2.38. The Morgan fingerprint density at radius 1 is 1.00 bits per heavy atom. The lowest BCUT2D eigenvalue weighted by Crippen LogP contribution is -2.60. The van der Waals surface area contributed by atoms with E-state index in [9.17, 15) is 30.3 Å². The van der Waals surface area contributed by atoms with Crippen molar-refractivity contribution >= 4 is 11.7 Å². The number of aliphatic hydroxyl groups excluding tert-OH is 3. The quantitative estimate of drug-likeness (QED) is 0.0963. The minimum Gasteiger partial charge on any atom is -0.459 e. The van der Waals surface area contributed by atoms with Gasteiger partial charge in [0.05, 0.1) is 54.9 Å². The molecule has 2 aliphatic rings. The van der Waals surface area contributed by atoms with E-state index in [1.807, 2.05) is 25.9 Å². The number of methoxy groups -OCH3 is 1. The van der Waals surface area contributed by atoms with Crippen molar-refractivity contribution in [1.82, 2.24) is 4.90 Å². The Hall–Kier alpha value is -1.46. The largest absolute Gasteiger partial charge is 0.459 e. The van der Waals surface area contributed by atoms with E-state index in [1.54, 1.807) is 41.7 Å². The number of rotatable bonds is 10. The van der Waals surface area contributed by atoms with Crippen LogP contribution in [0.1, 0.15) is 74.7 Å². The van der Waals surface area contributed by atoms with Gasteiger partial charge in [0.15, 0.2) is 6.29 Å². The van der Waals surface area contributed by atoms with E-state index >= 15 is 0 Å². The average Bonchev–Trinajstić information content (AvgIpc) is 3.00. The van der Waals surface area contributed by atoms with E-state index in [0.717, 1.165) is 0 Å². The summed E-state index contributed by atoms with van der Waals surface area (Å²) in [5, 5.41) is 62.4. The summed E-state index contributed by atoms with van der Waals surface area (Å²) in [6.45, 7) is 13.5. The number of esters is 1. The topological polar surface area (TPSA) is 189 Å². The maximum atomic E-state index is 13.4. The summed E-state index contributed by atoms with van der Waals surface area (Å²) >= 11 is 0. The molecule has 14 atom stereocenters. The fraction of sp³-hybridized carbons (Fsp3) is 0.939. The maximum Gasteiger partial charge on any atom is 0.311 e. The third-order valence-corrected chi connectivity index (χ3v) is 9.85. The van der Waals surface area contributed by atoms with Gasteiger partial charge in [-0.3, -0.25) is 4.79 Å². The number of carbonyl (C=O) groups is 1. The third kappa shape index (κ3) is 10.5. The van der Waals surface area contributed by atoms with Crippen LogP contribution in [0.3, 0.4) is 0 Å². The average molecular weight is 679 g/mol. The standard InChI is InChI=1S/C33H62N2O12/c1-12-24-33(8,41)28(38)20(4)25(34-44-17-43-14-13-42-11)18(2)16-32(7,40)29(21(5)26(36)22(6)30(39)46-24)47-31-27(37)23(35(9)10)15-19(3)45-31/h18-24,26-29,31,36-38,40-41H,12-17H2,1-11H3. The first-order valence-corrected chi connectivity index (χ1v) is 16.7. The van der Waals surface area contributed by atoms with Crippen molar-refractivity contribution in [2.45, 2.75) is 135 Å². The van der Waals surface area contributed by atoms with Crippen molar-refractivity contribution in [3.8, 4) is 0 Å².